The highest BCUT2D eigenvalue weighted by molar-refractivity contribution is 5.81. The molecular weight excluding hydrogens is 222 g/mol. The van der Waals surface area contributed by atoms with E-state index in [4.69, 9.17) is 5.73 Å². The van der Waals surface area contributed by atoms with E-state index >= 15 is 0 Å². The molecule has 0 saturated carbocycles. The maximum absolute atomic E-state index is 6.34. The summed E-state index contributed by atoms with van der Waals surface area (Å²) in [6.45, 7) is 2.13. The van der Waals surface area contributed by atoms with Crippen molar-refractivity contribution in [2.75, 3.05) is 20.1 Å². The highest BCUT2D eigenvalue weighted by Gasteiger charge is 2.28. The molecule has 0 spiro atoms. The number of benzene rings is 1. The lowest BCUT2D eigenvalue weighted by atomic mass is 9.89. The van der Waals surface area contributed by atoms with Crippen LogP contribution in [0.3, 0.4) is 0 Å². The van der Waals surface area contributed by atoms with E-state index in [-0.39, 0.29) is 6.04 Å². The quantitative estimate of drug-likeness (QED) is 0.830. The van der Waals surface area contributed by atoms with Crippen LogP contribution in [0.4, 0.5) is 0 Å². The molecule has 3 heteroatoms. The molecule has 0 aliphatic carbocycles. The average molecular weight is 243 g/mol. The number of rotatable bonds is 1. The third-order valence-corrected chi connectivity index (χ3v) is 4.23. The van der Waals surface area contributed by atoms with Gasteiger partial charge in [-0.1, -0.05) is 18.2 Å². The minimum Gasteiger partial charge on any atom is -0.347 e. The van der Waals surface area contributed by atoms with Gasteiger partial charge in [0.2, 0.25) is 0 Å². The average Bonchev–Trinajstić information content (AvgIpc) is 2.68. The summed E-state index contributed by atoms with van der Waals surface area (Å²) < 4.78 is 2.31. The number of hydrogen-bond acceptors (Lipinski definition) is 2. The van der Waals surface area contributed by atoms with Crippen molar-refractivity contribution >= 4 is 10.9 Å². The normalized spacial score (nSPS) is 25.7. The highest BCUT2D eigenvalue weighted by Crippen LogP contribution is 2.30. The van der Waals surface area contributed by atoms with E-state index in [1.165, 1.54) is 16.6 Å². The van der Waals surface area contributed by atoms with Gasteiger partial charge in [0.25, 0.3) is 0 Å². The molecule has 18 heavy (non-hydrogen) atoms. The molecule has 1 fully saturated rings. The first-order valence-electron chi connectivity index (χ1n) is 6.65. The molecule has 0 radical (unpaired) electrons. The summed E-state index contributed by atoms with van der Waals surface area (Å²) >= 11 is 0. The number of fused-ring (bicyclic) bond motifs is 1. The van der Waals surface area contributed by atoms with Crippen molar-refractivity contribution in [3.8, 4) is 0 Å². The Labute approximate surface area is 108 Å². The molecule has 1 aromatic carbocycles. The predicted octanol–water partition coefficient (Wildman–Crippen LogP) is 1.92. The van der Waals surface area contributed by atoms with Crippen LogP contribution >= 0.6 is 0 Å². The van der Waals surface area contributed by atoms with E-state index < -0.39 is 0 Å². The van der Waals surface area contributed by atoms with Crippen molar-refractivity contribution in [1.29, 1.82) is 0 Å². The van der Waals surface area contributed by atoms with Crippen molar-refractivity contribution in [3.05, 3.63) is 36.0 Å². The van der Waals surface area contributed by atoms with Gasteiger partial charge in [-0.3, -0.25) is 0 Å². The third kappa shape index (κ3) is 1.84. The first-order valence-corrected chi connectivity index (χ1v) is 6.65. The van der Waals surface area contributed by atoms with E-state index in [1.54, 1.807) is 0 Å². The molecule has 1 aliphatic rings. The number of nitrogens with zero attached hydrogens (tertiary/aromatic N) is 2. The molecular formula is C15H21N3. The molecule has 1 aromatic heterocycles. The largest absolute Gasteiger partial charge is 0.347 e. The first-order chi connectivity index (χ1) is 8.66. The van der Waals surface area contributed by atoms with Crippen molar-refractivity contribution in [3.63, 3.8) is 0 Å². The number of aryl methyl sites for hydroxylation is 1. The Bertz CT molecular complexity index is 558. The number of nitrogens with two attached hydrogens (primary N) is 1. The Morgan fingerprint density at radius 3 is 2.72 bits per heavy atom. The van der Waals surface area contributed by atoms with Crippen LogP contribution in [-0.2, 0) is 7.05 Å². The standard InChI is InChI=1S/C15H21N3/c1-17-8-7-12(13(16)10-17)15-9-11-5-3-4-6-14(11)18(15)2/h3-6,9,12-13H,7-8,10,16H2,1-2H3. The highest BCUT2D eigenvalue weighted by atomic mass is 15.1. The van der Waals surface area contributed by atoms with Crippen LogP contribution in [0.5, 0.6) is 0 Å². The molecule has 0 bridgehead atoms. The second kappa shape index (κ2) is 4.41. The van der Waals surface area contributed by atoms with Gasteiger partial charge < -0.3 is 15.2 Å². The van der Waals surface area contributed by atoms with Crippen molar-refractivity contribution < 1.29 is 0 Å². The monoisotopic (exact) mass is 243 g/mol. The third-order valence-electron chi connectivity index (χ3n) is 4.23. The Morgan fingerprint density at radius 1 is 1.22 bits per heavy atom. The zero-order valence-corrected chi connectivity index (χ0v) is 11.1. The van der Waals surface area contributed by atoms with Gasteiger partial charge in [-0.15, -0.1) is 0 Å². The lowest BCUT2D eigenvalue weighted by molar-refractivity contribution is 0.225. The fourth-order valence-corrected chi connectivity index (χ4v) is 3.19. The maximum atomic E-state index is 6.34. The molecule has 2 heterocycles. The van der Waals surface area contributed by atoms with Crippen LogP contribution < -0.4 is 5.73 Å². The smallest absolute Gasteiger partial charge is 0.0479 e. The summed E-state index contributed by atoms with van der Waals surface area (Å²) in [5.41, 5.74) is 9.03. The van der Waals surface area contributed by atoms with Gasteiger partial charge >= 0.3 is 0 Å². The molecule has 2 N–H and O–H groups in total. The molecule has 1 aliphatic heterocycles. The van der Waals surface area contributed by atoms with Gasteiger partial charge in [-0.2, -0.15) is 0 Å². The fourth-order valence-electron chi connectivity index (χ4n) is 3.19. The molecule has 3 rings (SSSR count). The topological polar surface area (TPSA) is 34.2 Å². The van der Waals surface area contributed by atoms with Crippen LogP contribution in [0.25, 0.3) is 10.9 Å². The second-order valence-corrected chi connectivity index (χ2v) is 5.51. The zero-order chi connectivity index (χ0) is 12.7. The predicted molar refractivity (Wildman–Crippen MR) is 75.7 cm³/mol. The number of likely N-dealkylation sites (N-methyl/N-ethyl adjacent to an activating group) is 1. The summed E-state index contributed by atoms with van der Waals surface area (Å²) in [6, 6.07) is 11.1. The number of aromatic nitrogens is 1. The number of likely N-dealkylation sites (tertiary alicyclic amines) is 1. The summed E-state index contributed by atoms with van der Waals surface area (Å²) in [7, 11) is 4.31. The zero-order valence-electron chi connectivity index (χ0n) is 11.1. The number of piperidine rings is 1. The van der Waals surface area contributed by atoms with E-state index in [2.05, 4.69) is 53.9 Å². The molecule has 96 valence electrons. The van der Waals surface area contributed by atoms with Crippen molar-refractivity contribution in [1.82, 2.24) is 9.47 Å². The lowest BCUT2D eigenvalue weighted by Gasteiger charge is -2.34. The van der Waals surface area contributed by atoms with Gasteiger partial charge in [0.15, 0.2) is 0 Å². The Hall–Kier alpha value is -1.32. The molecule has 2 atom stereocenters. The molecule has 3 nitrogen and oxygen atoms in total. The second-order valence-electron chi connectivity index (χ2n) is 5.51. The minimum absolute atomic E-state index is 0.242. The van der Waals surface area contributed by atoms with E-state index in [0.29, 0.717) is 5.92 Å². The summed E-state index contributed by atoms with van der Waals surface area (Å²) in [4.78, 5) is 2.32. The van der Waals surface area contributed by atoms with Crippen LogP contribution in [0.15, 0.2) is 30.3 Å². The van der Waals surface area contributed by atoms with Gasteiger partial charge in [-0.25, -0.2) is 0 Å². The molecule has 0 amide bonds. The van der Waals surface area contributed by atoms with Crippen LogP contribution in [0.2, 0.25) is 0 Å². The summed E-state index contributed by atoms with van der Waals surface area (Å²) in [5.74, 6) is 0.485. The van der Waals surface area contributed by atoms with Crippen molar-refractivity contribution in [2.45, 2.75) is 18.4 Å². The summed E-state index contributed by atoms with van der Waals surface area (Å²) in [5, 5.41) is 1.32. The SMILES string of the molecule is CN1CCC(c2cc3ccccc3n2C)C(N)C1. The minimum atomic E-state index is 0.242. The van der Waals surface area contributed by atoms with Crippen molar-refractivity contribution in [2.24, 2.45) is 12.8 Å². The number of para-hydroxylation sites is 1. The van der Waals surface area contributed by atoms with E-state index in [0.717, 1.165) is 19.5 Å². The Balaban J connectivity index is 2.01. The molecule has 1 saturated heterocycles. The van der Waals surface area contributed by atoms with E-state index in [1.807, 2.05) is 0 Å². The Morgan fingerprint density at radius 2 is 2.00 bits per heavy atom. The maximum Gasteiger partial charge on any atom is 0.0479 e. The van der Waals surface area contributed by atoms with Crippen LogP contribution in [0, 0.1) is 0 Å². The number of hydrogen-bond donors (Lipinski definition) is 1. The van der Waals surface area contributed by atoms with Gasteiger partial charge in [-0.05, 0) is 37.5 Å². The van der Waals surface area contributed by atoms with Gasteiger partial charge in [0.05, 0.1) is 0 Å². The summed E-state index contributed by atoms with van der Waals surface area (Å²) in [6.07, 6.45) is 1.15. The van der Waals surface area contributed by atoms with Gasteiger partial charge in [0, 0.05) is 36.8 Å². The first kappa shape index (κ1) is 11.8. The van der Waals surface area contributed by atoms with Gasteiger partial charge in [0.1, 0.15) is 0 Å². The van der Waals surface area contributed by atoms with Crippen LogP contribution in [-0.4, -0.2) is 35.6 Å². The fraction of sp³-hybridized carbons (Fsp3) is 0.467. The molecule has 2 unspecified atom stereocenters. The molecule has 2 aromatic rings. The Kier molecular flexibility index (Phi) is 2.88. The lowest BCUT2D eigenvalue weighted by Crippen LogP contribution is -2.46. The van der Waals surface area contributed by atoms with E-state index in [9.17, 15) is 0 Å². The van der Waals surface area contributed by atoms with Crippen LogP contribution in [0.1, 0.15) is 18.0 Å².